The summed E-state index contributed by atoms with van der Waals surface area (Å²) >= 11 is -1.96. The van der Waals surface area contributed by atoms with E-state index in [1.54, 1.807) is 9.06 Å². The molecule has 0 amide bonds. The van der Waals surface area contributed by atoms with E-state index in [1.807, 2.05) is 18.2 Å². The molecule has 2 heteroatoms. The first-order chi connectivity index (χ1) is 7.88. The predicted octanol–water partition coefficient (Wildman–Crippen LogP) is 5.16. The molecule has 0 heterocycles. The van der Waals surface area contributed by atoms with Crippen LogP contribution in [0.1, 0.15) is 13.3 Å². The van der Waals surface area contributed by atoms with Crippen molar-refractivity contribution in [3.8, 4) is 0 Å². The Morgan fingerprint density at radius 3 is 1.76 bits per heavy atom. The van der Waals surface area contributed by atoms with Gasteiger partial charge in [-0.15, -0.1) is 0 Å². The molecule has 0 aliphatic heterocycles. The Morgan fingerprint density at radius 2 is 1.47 bits per heavy atom. The second-order valence-electron chi connectivity index (χ2n) is 5.64. The van der Waals surface area contributed by atoms with Crippen LogP contribution in [-0.4, -0.2) is 25.1 Å². The third-order valence-corrected chi connectivity index (χ3v) is 10.7. The van der Waals surface area contributed by atoms with Crippen molar-refractivity contribution in [2.24, 2.45) is 0 Å². The van der Waals surface area contributed by atoms with Gasteiger partial charge in [0.25, 0.3) is 0 Å². The second-order valence-corrected chi connectivity index (χ2v) is 20.6. The van der Waals surface area contributed by atoms with Crippen molar-refractivity contribution >= 4 is 25.1 Å². The van der Waals surface area contributed by atoms with Gasteiger partial charge in [0.15, 0.2) is 0 Å². The minimum atomic E-state index is -1.96. The number of rotatable bonds is 8. The van der Waals surface area contributed by atoms with Gasteiger partial charge in [0.1, 0.15) is 0 Å². The molecule has 0 rings (SSSR count). The molecule has 94 valence electrons. The van der Waals surface area contributed by atoms with Crippen LogP contribution in [0.3, 0.4) is 0 Å². The van der Waals surface area contributed by atoms with Crippen LogP contribution >= 0.6 is 0 Å². The molecule has 0 atom stereocenters. The summed E-state index contributed by atoms with van der Waals surface area (Å²) < 4.78 is 1.69. The van der Waals surface area contributed by atoms with Crippen LogP contribution in [0.2, 0.25) is 27.5 Å². The van der Waals surface area contributed by atoms with Gasteiger partial charge in [0.05, 0.1) is 0 Å². The zero-order valence-corrected chi connectivity index (χ0v) is 14.9. The van der Waals surface area contributed by atoms with E-state index in [1.165, 1.54) is 0 Å². The van der Waals surface area contributed by atoms with Gasteiger partial charge in [-0.1, -0.05) is 0 Å². The fourth-order valence-electron chi connectivity index (χ4n) is 2.05. The van der Waals surface area contributed by atoms with Crippen molar-refractivity contribution in [2.45, 2.75) is 40.8 Å². The Balaban J connectivity index is 5.35. The first-order valence-electron chi connectivity index (χ1n) is 6.41. The van der Waals surface area contributed by atoms with Crippen LogP contribution in [0, 0.1) is 0 Å². The zero-order chi connectivity index (χ0) is 13.5. The van der Waals surface area contributed by atoms with Gasteiger partial charge in [-0.2, -0.15) is 0 Å². The van der Waals surface area contributed by atoms with Gasteiger partial charge in [-0.3, -0.25) is 0 Å². The molecule has 0 N–H and O–H groups in total. The summed E-state index contributed by atoms with van der Waals surface area (Å²) in [6.07, 6.45) is 9.22. The first kappa shape index (κ1) is 16.8. The van der Waals surface area contributed by atoms with E-state index in [9.17, 15) is 0 Å². The van der Waals surface area contributed by atoms with Crippen molar-refractivity contribution in [1.29, 1.82) is 0 Å². The van der Waals surface area contributed by atoms with Crippen LogP contribution in [0.25, 0.3) is 0 Å². The molecule has 0 bridgehead atoms. The fraction of sp³-hybridized carbons (Fsp3) is 0.467. The summed E-state index contributed by atoms with van der Waals surface area (Å²) in [6, 6.07) is 0. The molecule has 0 aromatic rings. The van der Waals surface area contributed by atoms with Crippen LogP contribution in [0.4, 0.5) is 0 Å². The van der Waals surface area contributed by atoms with E-state index in [0.29, 0.717) is 6.71 Å². The van der Waals surface area contributed by atoms with Gasteiger partial charge in [-0.05, 0) is 0 Å². The fourth-order valence-corrected chi connectivity index (χ4v) is 5.67. The van der Waals surface area contributed by atoms with E-state index >= 15 is 0 Å². The van der Waals surface area contributed by atoms with E-state index in [2.05, 4.69) is 41.5 Å². The topological polar surface area (TPSA) is 0 Å². The molecule has 17 heavy (non-hydrogen) atoms. The molecule has 0 aromatic heterocycles. The maximum atomic E-state index is 3.91. The molecule has 0 saturated heterocycles. The summed E-state index contributed by atoms with van der Waals surface area (Å²) in [4.78, 5) is 7.43. The summed E-state index contributed by atoms with van der Waals surface area (Å²) in [7, 11) is 0. The van der Waals surface area contributed by atoms with Crippen LogP contribution in [0.5, 0.6) is 0 Å². The van der Waals surface area contributed by atoms with Gasteiger partial charge in [0.2, 0.25) is 0 Å². The Bertz CT molecular complexity index is 297. The average molecular weight is 337 g/mol. The van der Waals surface area contributed by atoms with Crippen molar-refractivity contribution in [2.75, 3.05) is 0 Å². The van der Waals surface area contributed by atoms with Gasteiger partial charge < -0.3 is 0 Å². The zero-order valence-electron chi connectivity index (χ0n) is 12.1. The van der Waals surface area contributed by atoms with E-state index < -0.39 is 18.4 Å². The molecule has 0 unspecified atom stereocenters. The Morgan fingerprint density at radius 1 is 1.00 bits per heavy atom. The van der Waals surface area contributed by atoms with Gasteiger partial charge in [0, 0.05) is 0 Å². The average Bonchev–Trinajstić information content (AvgIpc) is 2.23. The van der Waals surface area contributed by atoms with Crippen molar-refractivity contribution in [3.05, 3.63) is 47.0 Å². The van der Waals surface area contributed by atoms with Crippen molar-refractivity contribution in [3.63, 3.8) is 0 Å². The van der Waals surface area contributed by atoms with Crippen LogP contribution in [0.15, 0.2) is 47.0 Å². The molecule has 0 aliphatic carbocycles. The Hall–Kier alpha value is -0.176. The molecule has 0 spiro atoms. The molecule has 0 nitrogen and oxygen atoms in total. The number of allylic oxidation sites excluding steroid dienone is 5. The summed E-state index contributed by atoms with van der Waals surface area (Å²) in [5.74, 6) is 0. The molecule has 0 aromatic carbocycles. The molecule has 0 saturated carbocycles. The summed E-state index contributed by atoms with van der Waals surface area (Å²) in [6.45, 7) is 14.6. The summed E-state index contributed by atoms with van der Waals surface area (Å²) in [5, 5.41) is 0. The summed E-state index contributed by atoms with van der Waals surface area (Å²) in [5.41, 5.74) is 1.60. The van der Waals surface area contributed by atoms with Crippen molar-refractivity contribution in [1.82, 2.24) is 0 Å². The monoisotopic (exact) mass is 338 g/mol. The SMILES string of the molecule is C=CCB(CC=C)/C(CC=C)=[C](/C)[Sn]([CH3])([CH3])[CH3]. The number of hydrogen-bond acceptors (Lipinski definition) is 0. The predicted molar refractivity (Wildman–Crippen MR) is 86.6 cm³/mol. The number of hydrogen-bond donors (Lipinski definition) is 0. The minimum absolute atomic E-state index is 0.582. The third-order valence-electron chi connectivity index (χ3n) is 3.37. The quantitative estimate of drug-likeness (QED) is 0.424. The molecule has 0 radical (unpaired) electrons. The van der Waals surface area contributed by atoms with E-state index in [0.717, 1.165) is 19.1 Å². The van der Waals surface area contributed by atoms with E-state index in [-0.39, 0.29) is 0 Å². The standard InChI is InChI=1S/C12H18B.3CH3.Sn/c1-5-9-12(8-4)13(10-6-2)11-7-3;;;;/h5-7H,1-3,9-11H2,4H3;3*1H3;. The molecular formula is C15H27BSn. The maximum absolute atomic E-state index is 3.91. The normalized spacial score (nSPS) is 12.7. The second kappa shape index (κ2) is 8.02. The molecular weight excluding hydrogens is 310 g/mol. The van der Waals surface area contributed by atoms with Crippen LogP contribution in [-0.2, 0) is 0 Å². The molecule has 0 fully saturated rings. The van der Waals surface area contributed by atoms with E-state index in [4.69, 9.17) is 0 Å². The van der Waals surface area contributed by atoms with Gasteiger partial charge in [-0.25, -0.2) is 0 Å². The molecule has 0 aliphatic rings. The Kier molecular flexibility index (Phi) is 7.94. The van der Waals surface area contributed by atoms with Gasteiger partial charge >= 0.3 is 113 Å². The van der Waals surface area contributed by atoms with Crippen LogP contribution < -0.4 is 0 Å². The van der Waals surface area contributed by atoms with Crippen molar-refractivity contribution < 1.29 is 0 Å². The first-order valence-corrected chi connectivity index (χ1v) is 16.4. The third kappa shape index (κ3) is 5.80. The Labute approximate surface area is 113 Å².